The van der Waals surface area contributed by atoms with Gasteiger partial charge < -0.3 is 9.84 Å². The highest BCUT2D eigenvalue weighted by Crippen LogP contribution is 2.36. The van der Waals surface area contributed by atoms with Crippen molar-refractivity contribution in [3.63, 3.8) is 0 Å². The predicted octanol–water partition coefficient (Wildman–Crippen LogP) is 2.48. The maximum absolute atomic E-state index is 11.7. The van der Waals surface area contributed by atoms with Crippen molar-refractivity contribution in [3.05, 3.63) is 71.8 Å². The predicted molar refractivity (Wildman–Crippen MR) is 103 cm³/mol. The summed E-state index contributed by atoms with van der Waals surface area (Å²) in [5.74, 6) is 0. The Kier molecular flexibility index (Phi) is 5.36. The molecular weight excluding hydrogens is 324 g/mol. The molecule has 0 radical (unpaired) electrons. The van der Waals surface area contributed by atoms with Crippen molar-refractivity contribution in [2.24, 2.45) is 0 Å². The van der Waals surface area contributed by atoms with Gasteiger partial charge in [-0.15, -0.1) is 0 Å². The monoisotopic (exact) mass is 352 g/mol. The number of piperidine rings is 1. The van der Waals surface area contributed by atoms with Crippen LogP contribution >= 0.6 is 0 Å². The molecule has 2 atom stereocenters. The number of hydrogen-bond donors (Lipinski definition) is 1. The van der Waals surface area contributed by atoms with E-state index in [4.69, 9.17) is 4.74 Å². The molecular formula is C22H28N2O2. The van der Waals surface area contributed by atoms with E-state index in [0.29, 0.717) is 0 Å². The van der Waals surface area contributed by atoms with Gasteiger partial charge in [-0.2, -0.15) is 0 Å². The lowest BCUT2D eigenvalue weighted by molar-refractivity contribution is -0.119. The number of likely N-dealkylation sites (tertiary alicyclic amines) is 1. The van der Waals surface area contributed by atoms with Crippen molar-refractivity contribution < 1.29 is 9.84 Å². The zero-order valence-electron chi connectivity index (χ0n) is 15.3. The highest BCUT2D eigenvalue weighted by molar-refractivity contribution is 5.26. The lowest BCUT2D eigenvalue weighted by Crippen LogP contribution is -2.62. The maximum Gasteiger partial charge on any atom is 0.108 e. The first kappa shape index (κ1) is 17.7. The van der Waals surface area contributed by atoms with Gasteiger partial charge in [-0.1, -0.05) is 60.7 Å². The third kappa shape index (κ3) is 3.69. The second-order valence-corrected chi connectivity index (χ2v) is 7.43. The Labute approximate surface area is 156 Å². The van der Waals surface area contributed by atoms with Crippen LogP contribution in [0, 0.1) is 0 Å². The fourth-order valence-corrected chi connectivity index (χ4v) is 4.34. The molecule has 138 valence electrons. The normalized spacial score (nSPS) is 28.1. The van der Waals surface area contributed by atoms with E-state index in [1.165, 1.54) is 5.56 Å². The first-order chi connectivity index (χ1) is 12.8. The Hall–Kier alpha value is -1.72. The van der Waals surface area contributed by atoms with Gasteiger partial charge in [0.1, 0.15) is 5.60 Å². The summed E-state index contributed by atoms with van der Waals surface area (Å²) in [6.07, 6.45) is 0.756. The van der Waals surface area contributed by atoms with Crippen molar-refractivity contribution in [3.8, 4) is 0 Å². The van der Waals surface area contributed by atoms with Crippen LogP contribution in [0.15, 0.2) is 60.7 Å². The largest absolute Gasteiger partial charge is 0.383 e. The number of benzene rings is 2. The van der Waals surface area contributed by atoms with E-state index in [0.717, 1.165) is 57.9 Å². The van der Waals surface area contributed by atoms with Crippen LogP contribution in [-0.2, 0) is 16.9 Å². The van der Waals surface area contributed by atoms with E-state index in [1.807, 2.05) is 18.2 Å². The Morgan fingerprint density at radius 2 is 1.58 bits per heavy atom. The van der Waals surface area contributed by atoms with E-state index in [9.17, 15) is 5.11 Å². The molecule has 2 saturated heterocycles. The molecule has 0 saturated carbocycles. The average molecular weight is 352 g/mol. The Morgan fingerprint density at radius 3 is 2.27 bits per heavy atom. The first-order valence-corrected chi connectivity index (χ1v) is 9.62. The number of morpholine rings is 1. The summed E-state index contributed by atoms with van der Waals surface area (Å²) in [4.78, 5) is 4.90. The summed E-state index contributed by atoms with van der Waals surface area (Å²) in [6.45, 7) is 5.99. The molecule has 4 heteroatoms. The highest BCUT2D eigenvalue weighted by Gasteiger charge is 2.45. The van der Waals surface area contributed by atoms with Crippen LogP contribution in [0.5, 0.6) is 0 Å². The minimum atomic E-state index is -0.800. The SMILES string of the molecule is OC1(c2ccccc2)CCN(Cc2ccccc2)CC1N1CCOCC1. The third-order valence-corrected chi connectivity index (χ3v) is 5.80. The van der Waals surface area contributed by atoms with Gasteiger partial charge in [0.15, 0.2) is 0 Å². The van der Waals surface area contributed by atoms with Crippen LogP contribution in [0.4, 0.5) is 0 Å². The van der Waals surface area contributed by atoms with Crippen LogP contribution in [0.2, 0.25) is 0 Å². The molecule has 0 spiro atoms. The van der Waals surface area contributed by atoms with Gasteiger partial charge in [0.05, 0.1) is 19.3 Å². The molecule has 4 rings (SSSR count). The van der Waals surface area contributed by atoms with E-state index in [1.54, 1.807) is 0 Å². The molecule has 2 unspecified atom stereocenters. The molecule has 0 amide bonds. The van der Waals surface area contributed by atoms with Crippen LogP contribution < -0.4 is 0 Å². The first-order valence-electron chi connectivity index (χ1n) is 9.62. The zero-order valence-corrected chi connectivity index (χ0v) is 15.3. The Bertz CT molecular complexity index is 688. The van der Waals surface area contributed by atoms with Gasteiger partial charge in [-0.25, -0.2) is 0 Å². The zero-order chi connectivity index (χ0) is 17.8. The number of aliphatic hydroxyl groups is 1. The van der Waals surface area contributed by atoms with Crippen molar-refractivity contribution in [1.29, 1.82) is 0 Å². The molecule has 0 aliphatic carbocycles. The molecule has 2 aromatic carbocycles. The third-order valence-electron chi connectivity index (χ3n) is 5.80. The number of rotatable bonds is 4. The topological polar surface area (TPSA) is 35.9 Å². The van der Waals surface area contributed by atoms with Crippen LogP contribution in [0.25, 0.3) is 0 Å². The molecule has 2 aromatic rings. The fraction of sp³-hybridized carbons (Fsp3) is 0.455. The number of ether oxygens (including phenoxy) is 1. The van der Waals surface area contributed by atoms with Gasteiger partial charge in [-0.05, 0) is 17.5 Å². The lowest BCUT2D eigenvalue weighted by Gasteiger charge is -2.50. The van der Waals surface area contributed by atoms with Crippen molar-refractivity contribution in [1.82, 2.24) is 9.80 Å². The molecule has 2 fully saturated rings. The fourth-order valence-electron chi connectivity index (χ4n) is 4.34. The molecule has 2 aliphatic heterocycles. The van der Waals surface area contributed by atoms with E-state index < -0.39 is 5.60 Å². The molecule has 26 heavy (non-hydrogen) atoms. The number of hydrogen-bond acceptors (Lipinski definition) is 4. The quantitative estimate of drug-likeness (QED) is 0.917. The molecule has 2 heterocycles. The van der Waals surface area contributed by atoms with Gasteiger partial charge in [0.2, 0.25) is 0 Å². The van der Waals surface area contributed by atoms with Gasteiger partial charge in [0.25, 0.3) is 0 Å². The lowest BCUT2D eigenvalue weighted by atomic mass is 9.79. The van der Waals surface area contributed by atoms with Gasteiger partial charge >= 0.3 is 0 Å². The standard InChI is InChI=1S/C22H28N2O2/c25-22(20-9-5-2-6-10-20)11-12-23(17-19-7-3-1-4-8-19)18-21(22)24-13-15-26-16-14-24/h1-10,21,25H,11-18H2. The number of nitrogens with zero attached hydrogens (tertiary/aromatic N) is 2. The summed E-state index contributed by atoms with van der Waals surface area (Å²) >= 11 is 0. The van der Waals surface area contributed by atoms with E-state index >= 15 is 0 Å². The summed E-state index contributed by atoms with van der Waals surface area (Å²) in [6, 6.07) is 20.9. The Morgan fingerprint density at radius 1 is 0.923 bits per heavy atom. The average Bonchev–Trinajstić information content (AvgIpc) is 2.72. The van der Waals surface area contributed by atoms with Crippen LogP contribution in [-0.4, -0.2) is 60.3 Å². The molecule has 0 aromatic heterocycles. The second kappa shape index (κ2) is 7.89. The van der Waals surface area contributed by atoms with Crippen molar-refractivity contribution in [2.45, 2.75) is 24.6 Å². The summed E-state index contributed by atoms with van der Waals surface area (Å²) < 4.78 is 5.55. The minimum Gasteiger partial charge on any atom is -0.383 e. The second-order valence-electron chi connectivity index (χ2n) is 7.43. The van der Waals surface area contributed by atoms with E-state index in [-0.39, 0.29) is 6.04 Å². The Balaban J connectivity index is 1.57. The van der Waals surface area contributed by atoms with Crippen molar-refractivity contribution in [2.75, 3.05) is 39.4 Å². The summed E-state index contributed by atoms with van der Waals surface area (Å²) in [7, 11) is 0. The smallest absolute Gasteiger partial charge is 0.108 e. The molecule has 1 N–H and O–H groups in total. The van der Waals surface area contributed by atoms with Crippen LogP contribution in [0.1, 0.15) is 17.5 Å². The van der Waals surface area contributed by atoms with Crippen molar-refractivity contribution >= 4 is 0 Å². The molecule has 4 nitrogen and oxygen atoms in total. The summed E-state index contributed by atoms with van der Waals surface area (Å²) in [5, 5.41) is 11.7. The van der Waals surface area contributed by atoms with Gasteiger partial charge in [-0.3, -0.25) is 9.80 Å². The van der Waals surface area contributed by atoms with E-state index in [2.05, 4.69) is 52.3 Å². The molecule has 0 bridgehead atoms. The summed E-state index contributed by atoms with van der Waals surface area (Å²) in [5.41, 5.74) is 1.57. The molecule has 2 aliphatic rings. The minimum absolute atomic E-state index is 0.0891. The highest BCUT2D eigenvalue weighted by atomic mass is 16.5. The van der Waals surface area contributed by atoms with Crippen LogP contribution in [0.3, 0.4) is 0 Å². The van der Waals surface area contributed by atoms with Gasteiger partial charge in [0, 0.05) is 32.7 Å². The maximum atomic E-state index is 11.7.